The Morgan fingerprint density at radius 3 is 2.17 bits per heavy atom. The van der Waals surface area contributed by atoms with Gasteiger partial charge in [-0.3, -0.25) is 0 Å². The first-order valence-electron chi connectivity index (χ1n) is 14.0. The summed E-state index contributed by atoms with van der Waals surface area (Å²) in [7, 11) is 1.75. The number of benzene rings is 5. The molecule has 2 heterocycles. The van der Waals surface area contributed by atoms with Crippen LogP contribution in [-0.2, 0) is 4.65 Å². The molecule has 41 heavy (non-hydrogen) atoms. The predicted octanol–water partition coefficient (Wildman–Crippen LogP) is 8.63. The molecule has 5 aromatic carbocycles. The molecule has 0 atom stereocenters. The highest BCUT2D eigenvalue weighted by Crippen LogP contribution is 2.38. The van der Waals surface area contributed by atoms with Gasteiger partial charge in [-0.25, -0.2) is 0 Å². The van der Waals surface area contributed by atoms with Crippen LogP contribution in [0.4, 0.5) is 0 Å². The van der Waals surface area contributed by atoms with Crippen LogP contribution < -0.4 is 5.46 Å². The molecule has 0 saturated carbocycles. The van der Waals surface area contributed by atoms with Crippen LogP contribution in [0.15, 0.2) is 109 Å². The van der Waals surface area contributed by atoms with E-state index in [0.29, 0.717) is 0 Å². The van der Waals surface area contributed by atoms with Gasteiger partial charge in [0.2, 0.25) is 0 Å². The maximum atomic E-state index is 10.5. The standard InChI is InChI=1S/C36H31BNO2S/c1-35(2,39)36(3,4)40-37-25-11-9-10-23(20-25)24-16-18-32-29(21-24)27-12-5-7-14-31(27)38(32)26-17-19-34-30(22-26)28-13-6-8-15-33(28)41-34/h5-22,39H,1-4H3. The van der Waals surface area contributed by atoms with E-state index in [9.17, 15) is 5.11 Å². The smallest absolute Gasteiger partial charge is 0.330 e. The number of aromatic nitrogens is 1. The second kappa shape index (κ2) is 9.59. The summed E-state index contributed by atoms with van der Waals surface area (Å²) in [6, 6.07) is 39.2. The lowest BCUT2D eigenvalue weighted by Crippen LogP contribution is -2.49. The Morgan fingerprint density at radius 2 is 1.34 bits per heavy atom. The quantitative estimate of drug-likeness (QED) is 0.210. The summed E-state index contributed by atoms with van der Waals surface area (Å²) in [5.41, 5.74) is 5.09. The number of para-hydroxylation sites is 1. The van der Waals surface area contributed by atoms with Crippen LogP contribution in [0.3, 0.4) is 0 Å². The van der Waals surface area contributed by atoms with Crippen molar-refractivity contribution < 1.29 is 9.76 Å². The number of rotatable bonds is 6. The molecule has 0 bridgehead atoms. The molecular formula is C36H31BNO2S. The van der Waals surface area contributed by atoms with Crippen molar-refractivity contribution >= 4 is 66.3 Å². The molecule has 0 aliphatic heterocycles. The van der Waals surface area contributed by atoms with Gasteiger partial charge in [-0.15, -0.1) is 11.3 Å². The molecule has 3 nitrogen and oxygen atoms in total. The lowest BCUT2D eigenvalue weighted by molar-refractivity contribution is -0.0893. The summed E-state index contributed by atoms with van der Waals surface area (Å²) in [6.45, 7) is 7.33. The van der Waals surface area contributed by atoms with Gasteiger partial charge in [0, 0.05) is 36.6 Å². The van der Waals surface area contributed by atoms with Crippen molar-refractivity contribution in [3.8, 4) is 16.8 Å². The third-order valence-electron chi connectivity index (χ3n) is 8.47. The molecule has 0 amide bonds. The van der Waals surface area contributed by atoms with Crippen LogP contribution in [0.2, 0.25) is 0 Å². The van der Waals surface area contributed by atoms with Crippen LogP contribution in [0.5, 0.6) is 0 Å². The zero-order chi connectivity index (χ0) is 28.4. The molecule has 5 heteroatoms. The van der Waals surface area contributed by atoms with Crippen molar-refractivity contribution in [3.05, 3.63) is 109 Å². The summed E-state index contributed by atoms with van der Waals surface area (Å²) in [5.74, 6) is 0. The summed E-state index contributed by atoms with van der Waals surface area (Å²) < 4.78 is 11.0. The Hall–Kier alpha value is -3.90. The summed E-state index contributed by atoms with van der Waals surface area (Å²) >= 11 is 1.85. The van der Waals surface area contributed by atoms with Crippen LogP contribution in [0.25, 0.3) is 58.8 Å². The number of aliphatic hydroxyl groups is 1. The van der Waals surface area contributed by atoms with Crippen molar-refractivity contribution in [1.29, 1.82) is 0 Å². The Labute approximate surface area is 244 Å². The Balaban J connectivity index is 1.32. The highest BCUT2D eigenvalue weighted by atomic mass is 32.1. The van der Waals surface area contributed by atoms with E-state index in [1.807, 2.05) is 31.3 Å². The monoisotopic (exact) mass is 552 g/mol. The molecule has 0 aliphatic carbocycles. The zero-order valence-electron chi connectivity index (χ0n) is 23.7. The van der Waals surface area contributed by atoms with E-state index in [0.717, 1.165) is 16.6 Å². The van der Waals surface area contributed by atoms with E-state index in [2.05, 4.69) is 108 Å². The fourth-order valence-electron chi connectivity index (χ4n) is 5.43. The Morgan fingerprint density at radius 1 is 0.634 bits per heavy atom. The fraction of sp³-hybridized carbons (Fsp3) is 0.167. The molecule has 1 radical (unpaired) electrons. The van der Waals surface area contributed by atoms with Crippen molar-refractivity contribution in [1.82, 2.24) is 4.57 Å². The van der Waals surface area contributed by atoms with Crippen molar-refractivity contribution in [2.45, 2.75) is 38.9 Å². The number of hydrogen-bond acceptors (Lipinski definition) is 3. The lowest BCUT2D eigenvalue weighted by Gasteiger charge is -2.37. The van der Waals surface area contributed by atoms with E-state index in [4.69, 9.17) is 4.65 Å². The van der Waals surface area contributed by atoms with Crippen molar-refractivity contribution in [2.24, 2.45) is 0 Å². The van der Waals surface area contributed by atoms with E-state index in [1.165, 1.54) is 47.7 Å². The second-order valence-electron chi connectivity index (χ2n) is 11.8. The van der Waals surface area contributed by atoms with Gasteiger partial charge in [0.1, 0.15) is 0 Å². The molecule has 7 rings (SSSR count). The molecule has 1 N–H and O–H groups in total. The van der Waals surface area contributed by atoms with Crippen LogP contribution in [0, 0.1) is 0 Å². The molecule has 7 aromatic rings. The van der Waals surface area contributed by atoms with Gasteiger partial charge in [-0.1, -0.05) is 72.2 Å². The first kappa shape index (κ1) is 26.0. The number of thiophene rings is 1. The van der Waals surface area contributed by atoms with E-state index >= 15 is 0 Å². The Bertz CT molecular complexity index is 2080. The molecule has 0 saturated heterocycles. The average molecular weight is 553 g/mol. The van der Waals surface area contributed by atoms with E-state index in [-0.39, 0.29) is 0 Å². The van der Waals surface area contributed by atoms with Gasteiger partial charge in [-0.2, -0.15) is 0 Å². The Kier molecular flexibility index (Phi) is 6.09. The van der Waals surface area contributed by atoms with E-state index < -0.39 is 11.2 Å². The van der Waals surface area contributed by atoms with Crippen LogP contribution >= 0.6 is 11.3 Å². The first-order valence-corrected chi connectivity index (χ1v) is 14.8. The maximum absolute atomic E-state index is 10.5. The highest BCUT2D eigenvalue weighted by Gasteiger charge is 2.35. The normalized spacial score (nSPS) is 12.6. The number of hydrogen-bond donors (Lipinski definition) is 1. The molecule has 0 aliphatic rings. The summed E-state index contributed by atoms with van der Waals surface area (Å²) in [6.07, 6.45) is 0. The fourth-order valence-corrected chi connectivity index (χ4v) is 6.52. The largest absolute Gasteiger partial charge is 0.427 e. The minimum atomic E-state index is -0.971. The van der Waals surface area contributed by atoms with Gasteiger partial charge >= 0.3 is 7.48 Å². The van der Waals surface area contributed by atoms with E-state index in [1.54, 1.807) is 21.3 Å². The minimum Gasteiger partial charge on any atom is -0.427 e. The summed E-state index contributed by atoms with van der Waals surface area (Å²) in [5, 5.41) is 15.5. The van der Waals surface area contributed by atoms with Gasteiger partial charge in [-0.05, 0) is 81.3 Å². The van der Waals surface area contributed by atoms with Gasteiger partial charge in [0.05, 0.1) is 22.2 Å². The second-order valence-corrected chi connectivity index (χ2v) is 12.9. The van der Waals surface area contributed by atoms with Crippen molar-refractivity contribution in [2.75, 3.05) is 0 Å². The molecule has 2 aromatic heterocycles. The number of fused-ring (bicyclic) bond motifs is 6. The summed E-state index contributed by atoms with van der Waals surface area (Å²) in [4.78, 5) is 0. The first-order chi connectivity index (χ1) is 19.7. The molecular weight excluding hydrogens is 521 g/mol. The molecule has 0 fully saturated rings. The topological polar surface area (TPSA) is 34.4 Å². The highest BCUT2D eigenvalue weighted by molar-refractivity contribution is 7.25. The SMILES string of the molecule is CC(C)(O)C(C)(C)O[B]c1cccc(-c2ccc3c(c2)c2ccccc2n3-c2ccc3sc4ccccc4c3c2)c1. The number of nitrogens with zero attached hydrogens (tertiary/aromatic N) is 1. The maximum Gasteiger partial charge on any atom is 0.330 e. The predicted molar refractivity (Wildman–Crippen MR) is 176 cm³/mol. The molecule has 201 valence electrons. The average Bonchev–Trinajstić information content (AvgIpc) is 3.50. The lowest BCUT2D eigenvalue weighted by atomic mass is 9.81. The van der Waals surface area contributed by atoms with Gasteiger partial charge < -0.3 is 14.3 Å². The zero-order valence-corrected chi connectivity index (χ0v) is 24.5. The van der Waals surface area contributed by atoms with Gasteiger partial charge in [0.15, 0.2) is 0 Å². The van der Waals surface area contributed by atoms with Crippen LogP contribution in [-0.4, -0.2) is 28.4 Å². The van der Waals surface area contributed by atoms with Crippen LogP contribution in [0.1, 0.15) is 27.7 Å². The molecule has 0 unspecified atom stereocenters. The van der Waals surface area contributed by atoms with Gasteiger partial charge in [0.25, 0.3) is 0 Å². The third-order valence-corrected chi connectivity index (χ3v) is 9.63. The third kappa shape index (κ3) is 4.45. The van der Waals surface area contributed by atoms with Crippen molar-refractivity contribution in [3.63, 3.8) is 0 Å². The minimum absolute atomic E-state index is 0.720. The molecule has 0 spiro atoms.